The maximum absolute atomic E-state index is 2.45. The van der Waals surface area contributed by atoms with E-state index in [0.717, 1.165) is 0 Å². The Morgan fingerprint density at radius 1 is 0.167 bits per heavy atom. The fourth-order valence-corrected chi connectivity index (χ4v) is 11.8. The molecule has 0 saturated carbocycles. The highest BCUT2D eigenvalue weighted by Gasteiger charge is 2.55. The summed E-state index contributed by atoms with van der Waals surface area (Å²) in [5.74, 6) is 1.42. The number of hydrogen-bond donors (Lipinski definition) is 0. The number of rotatable bonds is 0. The first-order chi connectivity index (χ1) is 23.9. The standard InChI is InChI=1S/C48H30/c1-2-14-26-25(13-1)37-27-15-3-4-16-28(27)39-31-19-7-8-20-32(31)41-34-22-10-12-24-36(34)42-35-23-11-9-21-33(35)40-30-18-6-5-17-29(30)38(26)44-43(37)45(39)47(41)48(42)46(40)44/h1-24,37-42H. The second-order valence-electron chi connectivity index (χ2n) is 14.9. The molecule has 0 spiro atoms. The first-order valence-electron chi connectivity index (χ1n) is 17.7. The van der Waals surface area contributed by atoms with Crippen molar-refractivity contribution in [1.82, 2.24) is 0 Å². The van der Waals surface area contributed by atoms with E-state index >= 15 is 0 Å². The van der Waals surface area contributed by atoms with Gasteiger partial charge in [-0.2, -0.15) is 0 Å². The minimum atomic E-state index is 0.237. The van der Waals surface area contributed by atoms with Crippen LogP contribution in [0.5, 0.6) is 0 Å². The van der Waals surface area contributed by atoms with Crippen LogP contribution in [0.1, 0.15) is 136 Å². The normalized spacial score (nSPS) is 24.2. The lowest BCUT2D eigenvalue weighted by Crippen LogP contribution is -2.40. The minimum absolute atomic E-state index is 0.237. The topological polar surface area (TPSA) is 0 Å². The van der Waals surface area contributed by atoms with Gasteiger partial charge in [-0.15, -0.1) is 0 Å². The van der Waals surface area contributed by atoms with E-state index in [1.54, 1.807) is 33.4 Å². The van der Waals surface area contributed by atoms with Crippen molar-refractivity contribution in [3.05, 3.63) is 246 Å². The average Bonchev–Trinajstić information content (AvgIpc) is 3.16. The Morgan fingerprint density at radius 2 is 0.271 bits per heavy atom. The van der Waals surface area contributed by atoms with E-state index < -0.39 is 0 Å². The van der Waals surface area contributed by atoms with Crippen molar-refractivity contribution in [3.8, 4) is 0 Å². The summed E-state index contributed by atoms with van der Waals surface area (Å²) in [6.45, 7) is 0. The van der Waals surface area contributed by atoms with Crippen LogP contribution < -0.4 is 0 Å². The predicted molar refractivity (Wildman–Crippen MR) is 191 cm³/mol. The molecule has 0 amide bonds. The fraction of sp³-hybridized carbons (Fsp3) is 0.125. The zero-order valence-corrected chi connectivity index (χ0v) is 26.3. The van der Waals surface area contributed by atoms with Crippen molar-refractivity contribution in [2.45, 2.75) is 35.5 Å². The van der Waals surface area contributed by atoms with Gasteiger partial charge >= 0.3 is 0 Å². The summed E-state index contributed by atoms with van der Waals surface area (Å²) in [5, 5.41) is 0. The lowest BCUT2D eigenvalue weighted by atomic mass is 9.48. The van der Waals surface area contributed by atoms with Gasteiger partial charge in [0.25, 0.3) is 0 Å². The van der Waals surface area contributed by atoms with Crippen LogP contribution in [0.25, 0.3) is 0 Å². The van der Waals surface area contributed by atoms with Crippen molar-refractivity contribution < 1.29 is 0 Å². The molecule has 7 aromatic carbocycles. The SMILES string of the molecule is c1ccc2c(c1)C1c3ccccc3C3c4ccccc4C4c5ccccc5C5c6ccccc6C6c7ccccc7C2c2c1c3c4c5c26. The molecule has 0 heterocycles. The Labute approximate surface area is 280 Å². The number of hydrogen-bond acceptors (Lipinski definition) is 0. The van der Waals surface area contributed by atoms with Crippen molar-refractivity contribution >= 4 is 0 Å². The summed E-state index contributed by atoms with van der Waals surface area (Å²) in [6.07, 6.45) is 0. The highest BCUT2D eigenvalue weighted by molar-refractivity contribution is 5.84. The molecule has 0 aromatic heterocycles. The first kappa shape index (κ1) is 24.7. The molecule has 0 N–H and O–H groups in total. The predicted octanol–water partition coefficient (Wildman–Crippen LogP) is 10.6. The summed E-state index contributed by atoms with van der Waals surface area (Å²) in [6, 6.07) is 56.8. The Balaban J connectivity index is 1.31. The van der Waals surface area contributed by atoms with Crippen LogP contribution in [-0.2, 0) is 0 Å². The molecule has 0 radical (unpaired) electrons. The quantitative estimate of drug-likeness (QED) is 0.161. The molecular formula is C48H30. The first-order valence-corrected chi connectivity index (χ1v) is 17.7. The van der Waals surface area contributed by atoms with Gasteiger partial charge in [0, 0.05) is 35.5 Å². The molecule has 0 aliphatic heterocycles. The van der Waals surface area contributed by atoms with E-state index in [4.69, 9.17) is 0 Å². The van der Waals surface area contributed by atoms with Crippen LogP contribution in [0.4, 0.5) is 0 Å². The lowest BCUT2D eigenvalue weighted by molar-refractivity contribution is 0.643. The van der Waals surface area contributed by atoms with E-state index in [-0.39, 0.29) is 35.5 Å². The van der Waals surface area contributed by atoms with Crippen LogP contribution in [-0.4, -0.2) is 0 Å². The Bertz CT molecular complexity index is 1990. The highest BCUT2D eigenvalue weighted by atomic mass is 14.6. The third-order valence-corrected chi connectivity index (χ3v) is 13.2. The molecule has 0 bridgehead atoms. The maximum Gasteiger partial charge on any atom is 0.0352 e. The highest BCUT2D eigenvalue weighted by Crippen LogP contribution is 2.70. The van der Waals surface area contributed by atoms with E-state index in [0.29, 0.717) is 0 Å². The zero-order chi connectivity index (χ0) is 30.8. The van der Waals surface area contributed by atoms with Gasteiger partial charge in [0.1, 0.15) is 0 Å². The molecule has 222 valence electrons. The van der Waals surface area contributed by atoms with Crippen LogP contribution in [0.15, 0.2) is 146 Å². The van der Waals surface area contributed by atoms with Gasteiger partial charge in [-0.25, -0.2) is 0 Å². The Kier molecular flexibility index (Phi) is 4.28. The molecule has 0 nitrogen and oxygen atoms in total. The van der Waals surface area contributed by atoms with E-state index in [2.05, 4.69) is 146 Å². The van der Waals surface area contributed by atoms with E-state index in [9.17, 15) is 0 Å². The minimum Gasteiger partial charge on any atom is -0.0619 e. The zero-order valence-electron chi connectivity index (χ0n) is 26.3. The molecule has 7 aromatic rings. The van der Waals surface area contributed by atoms with Crippen LogP contribution in [0, 0.1) is 0 Å². The van der Waals surface area contributed by atoms with Crippen LogP contribution in [0.2, 0.25) is 0 Å². The van der Waals surface area contributed by atoms with Crippen molar-refractivity contribution in [3.63, 3.8) is 0 Å². The maximum atomic E-state index is 2.45. The average molecular weight is 607 g/mol. The lowest BCUT2D eigenvalue weighted by Gasteiger charge is -2.54. The van der Waals surface area contributed by atoms with Gasteiger partial charge in [0.05, 0.1) is 0 Å². The molecule has 0 unspecified atom stereocenters. The summed E-state index contributed by atoms with van der Waals surface area (Å²) in [5.41, 5.74) is 27.8. The number of fused-ring (bicyclic) bond motifs is 18. The fourth-order valence-electron chi connectivity index (χ4n) is 11.8. The van der Waals surface area contributed by atoms with E-state index in [1.165, 1.54) is 66.8 Å². The molecule has 0 atom stereocenters. The summed E-state index contributed by atoms with van der Waals surface area (Å²) in [7, 11) is 0. The van der Waals surface area contributed by atoms with Gasteiger partial charge in [0.15, 0.2) is 0 Å². The molecule has 0 fully saturated rings. The van der Waals surface area contributed by atoms with Gasteiger partial charge in [-0.3, -0.25) is 0 Å². The molecule has 48 heavy (non-hydrogen) atoms. The molecule has 0 heteroatoms. The summed E-state index contributed by atoms with van der Waals surface area (Å²) < 4.78 is 0. The van der Waals surface area contributed by atoms with Crippen molar-refractivity contribution in [1.29, 1.82) is 0 Å². The molecule has 6 aliphatic rings. The molecule has 6 aliphatic carbocycles. The van der Waals surface area contributed by atoms with Crippen LogP contribution in [0.3, 0.4) is 0 Å². The monoisotopic (exact) mass is 606 g/mol. The largest absolute Gasteiger partial charge is 0.0619 e. The Morgan fingerprint density at radius 3 is 0.375 bits per heavy atom. The van der Waals surface area contributed by atoms with Crippen LogP contribution >= 0.6 is 0 Å². The second kappa shape index (κ2) is 8.33. The summed E-state index contributed by atoms with van der Waals surface area (Å²) in [4.78, 5) is 0. The summed E-state index contributed by atoms with van der Waals surface area (Å²) >= 11 is 0. The van der Waals surface area contributed by atoms with Crippen molar-refractivity contribution in [2.75, 3.05) is 0 Å². The molecule has 13 rings (SSSR count). The smallest absolute Gasteiger partial charge is 0.0352 e. The third-order valence-electron chi connectivity index (χ3n) is 13.2. The van der Waals surface area contributed by atoms with Gasteiger partial charge in [0.2, 0.25) is 0 Å². The van der Waals surface area contributed by atoms with Gasteiger partial charge in [-0.05, 0) is 100 Å². The second-order valence-corrected chi connectivity index (χ2v) is 14.9. The Hall–Kier alpha value is -5.46. The van der Waals surface area contributed by atoms with Gasteiger partial charge < -0.3 is 0 Å². The third kappa shape index (κ3) is 2.59. The number of benzene rings is 7. The van der Waals surface area contributed by atoms with E-state index in [1.807, 2.05) is 0 Å². The molecular weight excluding hydrogens is 577 g/mol. The van der Waals surface area contributed by atoms with Crippen molar-refractivity contribution in [2.24, 2.45) is 0 Å². The molecule has 0 saturated heterocycles. The van der Waals surface area contributed by atoms with Gasteiger partial charge in [-0.1, -0.05) is 146 Å².